The van der Waals surface area contributed by atoms with E-state index in [4.69, 9.17) is 5.26 Å². The molecule has 0 amide bonds. The van der Waals surface area contributed by atoms with E-state index in [0.717, 1.165) is 6.42 Å². The third-order valence-electron chi connectivity index (χ3n) is 2.50. The molecule has 0 aromatic rings. The number of nitriles is 1. The third-order valence-corrected chi connectivity index (χ3v) is 5.05. The first-order valence-corrected chi connectivity index (χ1v) is 6.77. The standard InChI is InChI=1S/C10H19NO2S/c1-4-9(3)8-14(12,13)10(5-2)6-7-11/h9-10H,4-6,8H2,1-3H3. The number of sulfone groups is 1. The highest BCUT2D eigenvalue weighted by molar-refractivity contribution is 7.92. The molecular weight excluding hydrogens is 198 g/mol. The number of hydrogen-bond donors (Lipinski definition) is 0. The molecule has 2 unspecified atom stereocenters. The van der Waals surface area contributed by atoms with Gasteiger partial charge in [-0.2, -0.15) is 5.26 Å². The van der Waals surface area contributed by atoms with Gasteiger partial charge in [0.05, 0.1) is 23.5 Å². The van der Waals surface area contributed by atoms with Crippen LogP contribution in [0.2, 0.25) is 0 Å². The molecule has 0 saturated heterocycles. The predicted molar refractivity (Wildman–Crippen MR) is 57.6 cm³/mol. The van der Waals surface area contributed by atoms with Gasteiger partial charge in [0, 0.05) is 0 Å². The molecule has 0 N–H and O–H groups in total. The molecule has 0 aliphatic carbocycles. The maximum Gasteiger partial charge on any atom is 0.154 e. The summed E-state index contributed by atoms with van der Waals surface area (Å²) in [4.78, 5) is 0. The highest BCUT2D eigenvalue weighted by Crippen LogP contribution is 2.15. The molecule has 0 fully saturated rings. The summed E-state index contributed by atoms with van der Waals surface area (Å²) in [6.07, 6.45) is 1.52. The van der Waals surface area contributed by atoms with Crippen LogP contribution < -0.4 is 0 Å². The lowest BCUT2D eigenvalue weighted by Crippen LogP contribution is -2.26. The highest BCUT2D eigenvalue weighted by atomic mass is 32.2. The van der Waals surface area contributed by atoms with Crippen molar-refractivity contribution in [3.8, 4) is 6.07 Å². The van der Waals surface area contributed by atoms with E-state index in [-0.39, 0.29) is 18.1 Å². The zero-order valence-electron chi connectivity index (χ0n) is 9.16. The van der Waals surface area contributed by atoms with Gasteiger partial charge in [0.15, 0.2) is 9.84 Å². The number of hydrogen-bond acceptors (Lipinski definition) is 3. The molecule has 2 atom stereocenters. The van der Waals surface area contributed by atoms with Crippen LogP contribution in [0.1, 0.15) is 40.0 Å². The van der Waals surface area contributed by atoms with Crippen LogP contribution in [0.15, 0.2) is 0 Å². The molecule has 0 spiro atoms. The normalized spacial score (nSPS) is 15.9. The van der Waals surface area contributed by atoms with Crippen molar-refractivity contribution >= 4 is 9.84 Å². The summed E-state index contributed by atoms with van der Waals surface area (Å²) in [5.74, 6) is 0.400. The molecule has 0 rings (SSSR count). The van der Waals surface area contributed by atoms with Crippen molar-refractivity contribution in [3.63, 3.8) is 0 Å². The second-order valence-electron chi connectivity index (χ2n) is 3.74. The van der Waals surface area contributed by atoms with Crippen LogP contribution in [0.3, 0.4) is 0 Å². The molecule has 14 heavy (non-hydrogen) atoms. The van der Waals surface area contributed by atoms with Crippen LogP contribution in [0, 0.1) is 17.2 Å². The Hall–Kier alpha value is -0.560. The van der Waals surface area contributed by atoms with E-state index in [9.17, 15) is 8.42 Å². The van der Waals surface area contributed by atoms with E-state index in [1.54, 1.807) is 0 Å². The van der Waals surface area contributed by atoms with Crippen LogP contribution in [-0.2, 0) is 9.84 Å². The van der Waals surface area contributed by atoms with Gasteiger partial charge in [-0.15, -0.1) is 0 Å². The van der Waals surface area contributed by atoms with E-state index >= 15 is 0 Å². The SMILES string of the molecule is CCC(C)CS(=O)(=O)C(CC)CC#N. The number of rotatable bonds is 6. The molecule has 4 heteroatoms. The van der Waals surface area contributed by atoms with Crippen molar-refractivity contribution in [1.29, 1.82) is 5.26 Å². The average molecular weight is 217 g/mol. The van der Waals surface area contributed by atoms with E-state index in [1.807, 2.05) is 26.8 Å². The second-order valence-corrected chi connectivity index (χ2v) is 6.06. The molecule has 0 aliphatic rings. The lowest BCUT2D eigenvalue weighted by molar-refractivity contribution is 0.548. The Morgan fingerprint density at radius 1 is 1.29 bits per heavy atom. The lowest BCUT2D eigenvalue weighted by Gasteiger charge is -2.15. The number of nitrogens with zero attached hydrogens (tertiary/aromatic N) is 1. The van der Waals surface area contributed by atoms with E-state index in [0.29, 0.717) is 6.42 Å². The van der Waals surface area contributed by atoms with Crippen LogP contribution in [0.25, 0.3) is 0 Å². The summed E-state index contributed by atoms with van der Waals surface area (Å²) in [5.41, 5.74) is 0. The largest absolute Gasteiger partial charge is 0.229 e. The monoisotopic (exact) mass is 217 g/mol. The molecule has 0 aliphatic heterocycles. The fraction of sp³-hybridized carbons (Fsp3) is 0.900. The van der Waals surface area contributed by atoms with E-state index in [2.05, 4.69) is 0 Å². The quantitative estimate of drug-likeness (QED) is 0.685. The summed E-state index contributed by atoms with van der Waals surface area (Å²) >= 11 is 0. The molecule has 0 heterocycles. The lowest BCUT2D eigenvalue weighted by atomic mass is 10.2. The van der Waals surface area contributed by atoms with Crippen molar-refractivity contribution in [3.05, 3.63) is 0 Å². The Kier molecular flexibility index (Phi) is 5.78. The molecule has 0 aromatic carbocycles. The minimum atomic E-state index is -3.07. The molecule has 0 bridgehead atoms. The smallest absolute Gasteiger partial charge is 0.154 e. The molecule has 82 valence electrons. The molecule has 0 saturated carbocycles. The molecular formula is C10H19NO2S. The van der Waals surface area contributed by atoms with Gasteiger partial charge < -0.3 is 0 Å². The van der Waals surface area contributed by atoms with Gasteiger partial charge in [-0.3, -0.25) is 0 Å². The first kappa shape index (κ1) is 13.4. The van der Waals surface area contributed by atoms with E-state index < -0.39 is 15.1 Å². The van der Waals surface area contributed by atoms with Crippen molar-refractivity contribution in [2.45, 2.75) is 45.3 Å². The van der Waals surface area contributed by atoms with Gasteiger partial charge in [-0.25, -0.2) is 8.42 Å². The van der Waals surface area contributed by atoms with Crippen LogP contribution in [-0.4, -0.2) is 19.4 Å². The van der Waals surface area contributed by atoms with Crippen molar-refractivity contribution < 1.29 is 8.42 Å². The summed E-state index contributed by atoms with van der Waals surface area (Å²) in [7, 11) is -3.07. The Morgan fingerprint density at radius 2 is 1.86 bits per heavy atom. The molecule has 3 nitrogen and oxygen atoms in total. The fourth-order valence-electron chi connectivity index (χ4n) is 1.28. The Morgan fingerprint density at radius 3 is 2.21 bits per heavy atom. The topological polar surface area (TPSA) is 57.9 Å². The van der Waals surface area contributed by atoms with Gasteiger partial charge >= 0.3 is 0 Å². The van der Waals surface area contributed by atoms with Crippen LogP contribution in [0.4, 0.5) is 0 Å². The summed E-state index contributed by atoms with van der Waals surface area (Å²) in [6.45, 7) is 5.72. The maximum atomic E-state index is 11.8. The van der Waals surface area contributed by atoms with E-state index in [1.165, 1.54) is 0 Å². The van der Waals surface area contributed by atoms with Crippen molar-refractivity contribution in [2.24, 2.45) is 5.92 Å². The molecule has 0 radical (unpaired) electrons. The first-order chi connectivity index (χ1) is 6.47. The van der Waals surface area contributed by atoms with Gasteiger partial charge in [0.25, 0.3) is 0 Å². The summed E-state index contributed by atoms with van der Waals surface area (Å²) in [5, 5.41) is 8.04. The predicted octanol–water partition coefficient (Wildman–Crippen LogP) is 2.14. The van der Waals surface area contributed by atoms with Crippen LogP contribution >= 0.6 is 0 Å². The van der Waals surface area contributed by atoms with Crippen molar-refractivity contribution in [1.82, 2.24) is 0 Å². The zero-order valence-corrected chi connectivity index (χ0v) is 9.97. The van der Waals surface area contributed by atoms with Gasteiger partial charge in [0.2, 0.25) is 0 Å². The summed E-state index contributed by atoms with van der Waals surface area (Å²) in [6, 6.07) is 1.94. The molecule has 0 aromatic heterocycles. The first-order valence-electron chi connectivity index (χ1n) is 5.06. The minimum Gasteiger partial charge on any atom is -0.229 e. The second kappa shape index (κ2) is 6.02. The zero-order chi connectivity index (χ0) is 11.2. The van der Waals surface area contributed by atoms with Crippen LogP contribution in [0.5, 0.6) is 0 Å². The summed E-state index contributed by atoms with van der Waals surface area (Å²) < 4.78 is 23.5. The fourth-order valence-corrected chi connectivity index (χ4v) is 3.41. The third kappa shape index (κ3) is 4.10. The van der Waals surface area contributed by atoms with Gasteiger partial charge in [-0.05, 0) is 12.3 Å². The average Bonchev–Trinajstić information content (AvgIpc) is 2.12. The Balaban J connectivity index is 4.51. The Labute approximate surface area is 87.0 Å². The van der Waals surface area contributed by atoms with Gasteiger partial charge in [-0.1, -0.05) is 27.2 Å². The highest BCUT2D eigenvalue weighted by Gasteiger charge is 2.24. The minimum absolute atomic E-state index is 0.120. The van der Waals surface area contributed by atoms with Gasteiger partial charge in [0.1, 0.15) is 0 Å². The van der Waals surface area contributed by atoms with Crippen molar-refractivity contribution in [2.75, 3.05) is 5.75 Å². The maximum absolute atomic E-state index is 11.8. The Bertz CT molecular complexity index is 290.